The summed E-state index contributed by atoms with van der Waals surface area (Å²) < 4.78 is 5.49. The van der Waals surface area contributed by atoms with E-state index in [2.05, 4.69) is 14.9 Å². The molecule has 82 valence electrons. The van der Waals surface area contributed by atoms with Gasteiger partial charge in [0.15, 0.2) is 4.34 Å². The van der Waals surface area contributed by atoms with Gasteiger partial charge in [-0.2, -0.15) is 0 Å². The molecular weight excluding hydrogens is 232 g/mol. The van der Waals surface area contributed by atoms with E-state index in [1.807, 2.05) is 13.0 Å². The van der Waals surface area contributed by atoms with Gasteiger partial charge >= 0.3 is 5.97 Å². The lowest BCUT2D eigenvalue weighted by molar-refractivity contribution is -0.136. The first kappa shape index (κ1) is 12.2. The molecule has 0 spiro atoms. The lowest BCUT2D eigenvalue weighted by Gasteiger charge is -1.97. The first-order valence-corrected chi connectivity index (χ1v) is 6.11. The summed E-state index contributed by atoms with van der Waals surface area (Å²) in [6, 6.07) is 0. The molecule has 0 fully saturated rings. The van der Waals surface area contributed by atoms with Gasteiger partial charge in [-0.3, -0.25) is 0 Å². The van der Waals surface area contributed by atoms with Gasteiger partial charge in [0.05, 0.1) is 7.11 Å². The molecule has 1 rings (SSSR count). The van der Waals surface area contributed by atoms with E-state index >= 15 is 0 Å². The number of hydrogen-bond acceptors (Lipinski definition) is 6. The zero-order valence-corrected chi connectivity index (χ0v) is 10.4. The van der Waals surface area contributed by atoms with E-state index in [9.17, 15) is 4.79 Å². The molecule has 4 nitrogen and oxygen atoms in total. The van der Waals surface area contributed by atoms with Crippen molar-refractivity contribution in [2.24, 2.45) is 0 Å². The number of rotatable bonds is 4. The highest BCUT2D eigenvalue weighted by Crippen LogP contribution is 2.21. The average molecular weight is 244 g/mol. The summed E-state index contributed by atoms with van der Waals surface area (Å²) in [7, 11) is 1.38. The maximum absolute atomic E-state index is 11.0. The minimum Gasteiger partial charge on any atom is -0.466 e. The molecule has 0 aliphatic rings. The molecule has 0 atom stereocenters. The highest BCUT2D eigenvalue weighted by Gasteiger charge is 2.03. The maximum Gasteiger partial charge on any atom is 0.333 e. The number of esters is 1. The van der Waals surface area contributed by atoms with Crippen LogP contribution in [-0.2, 0) is 9.53 Å². The van der Waals surface area contributed by atoms with Crippen molar-refractivity contribution in [2.75, 3.05) is 12.9 Å². The van der Waals surface area contributed by atoms with Crippen LogP contribution in [0.15, 0.2) is 16.0 Å². The van der Waals surface area contributed by atoms with E-state index in [0.717, 1.165) is 9.35 Å². The Balaban J connectivity index is 2.41. The number of hydrogen-bond donors (Lipinski definition) is 0. The van der Waals surface area contributed by atoms with Crippen LogP contribution in [0.2, 0.25) is 0 Å². The summed E-state index contributed by atoms with van der Waals surface area (Å²) in [6.45, 7) is 3.65. The number of thioether (sulfide) groups is 1. The van der Waals surface area contributed by atoms with Crippen molar-refractivity contribution in [1.29, 1.82) is 0 Å². The largest absolute Gasteiger partial charge is 0.466 e. The minimum absolute atomic E-state index is 0.288. The van der Waals surface area contributed by atoms with Crippen LogP contribution in [0.4, 0.5) is 0 Å². The molecule has 0 saturated carbocycles. The summed E-state index contributed by atoms with van der Waals surface area (Å²) in [5.41, 5.74) is 0.617. The van der Waals surface area contributed by atoms with Crippen molar-refractivity contribution in [3.05, 3.63) is 16.7 Å². The lowest BCUT2D eigenvalue weighted by atomic mass is 10.3. The summed E-state index contributed by atoms with van der Waals surface area (Å²) in [5, 5.41) is 8.81. The molecule has 0 aromatic carbocycles. The SMILES string of the molecule is COC(=O)C(C)=CCSc1nnc(C)s1. The first-order valence-electron chi connectivity index (χ1n) is 4.31. The van der Waals surface area contributed by atoms with Crippen molar-refractivity contribution in [1.82, 2.24) is 10.2 Å². The quantitative estimate of drug-likeness (QED) is 0.461. The summed E-state index contributed by atoms with van der Waals surface area (Å²) in [5.74, 6) is 0.416. The van der Waals surface area contributed by atoms with Gasteiger partial charge in [0.2, 0.25) is 0 Å². The van der Waals surface area contributed by atoms with Crippen molar-refractivity contribution in [3.63, 3.8) is 0 Å². The van der Waals surface area contributed by atoms with Crippen LogP contribution >= 0.6 is 23.1 Å². The number of nitrogens with zero attached hydrogens (tertiary/aromatic N) is 2. The van der Waals surface area contributed by atoms with Crippen LogP contribution < -0.4 is 0 Å². The molecule has 0 amide bonds. The monoisotopic (exact) mass is 244 g/mol. The summed E-state index contributed by atoms with van der Waals surface area (Å²) in [6.07, 6.45) is 1.83. The Morgan fingerprint density at radius 1 is 1.60 bits per heavy atom. The number of aryl methyl sites for hydroxylation is 1. The van der Waals surface area contributed by atoms with Crippen LogP contribution in [0.25, 0.3) is 0 Å². The molecule has 0 N–H and O–H groups in total. The molecule has 6 heteroatoms. The molecule has 0 aliphatic heterocycles. The summed E-state index contributed by atoms with van der Waals surface area (Å²) in [4.78, 5) is 11.0. The molecule has 0 aliphatic carbocycles. The first-order chi connectivity index (χ1) is 7.13. The van der Waals surface area contributed by atoms with E-state index in [1.54, 1.807) is 30.0 Å². The van der Waals surface area contributed by atoms with Gasteiger partial charge in [0.25, 0.3) is 0 Å². The fourth-order valence-corrected chi connectivity index (χ4v) is 2.61. The molecular formula is C9H12N2O2S2. The van der Waals surface area contributed by atoms with Crippen LogP contribution in [0.1, 0.15) is 11.9 Å². The third kappa shape index (κ3) is 4.01. The Hall–Kier alpha value is -0.880. The van der Waals surface area contributed by atoms with E-state index < -0.39 is 0 Å². The van der Waals surface area contributed by atoms with Crippen LogP contribution in [0.5, 0.6) is 0 Å². The van der Waals surface area contributed by atoms with Gasteiger partial charge in [-0.05, 0) is 13.8 Å². The second kappa shape index (κ2) is 5.87. The molecule has 1 heterocycles. The Labute approximate surface area is 96.7 Å². The predicted molar refractivity (Wildman–Crippen MR) is 61.1 cm³/mol. The van der Waals surface area contributed by atoms with E-state index in [-0.39, 0.29) is 5.97 Å². The molecule has 15 heavy (non-hydrogen) atoms. The fraction of sp³-hybridized carbons (Fsp3) is 0.444. The fourth-order valence-electron chi connectivity index (χ4n) is 0.819. The van der Waals surface area contributed by atoms with Crippen LogP contribution in [0, 0.1) is 6.92 Å². The van der Waals surface area contributed by atoms with Gasteiger partial charge in [-0.15, -0.1) is 10.2 Å². The van der Waals surface area contributed by atoms with E-state index in [1.165, 1.54) is 7.11 Å². The molecule has 0 bridgehead atoms. The third-order valence-corrected chi connectivity index (χ3v) is 3.51. The Morgan fingerprint density at radius 2 is 2.33 bits per heavy atom. The molecule has 1 aromatic rings. The Morgan fingerprint density at radius 3 is 2.87 bits per heavy atom. The second-order valence-corrected chi connectivity index (χ2v) is 5.23. The minimum atomic E-state index is -0.288. The molecule has 0 radical (unpaired) electrons. The normalized spacial score (nSPS) is 11.5. The Kier molecular flexibility index (Phi) is 4.77. The standard InChI is InChI=1S/C9H12N2O2S2/c1-6(8(12)13-3)4-5-14-9-11-10-7(2)15-9/h4H,5H2,1-3H3. The Bertz CT molecular complexity index is 374. The number of carbonyl (C=O) groups is 1. The topological polar surface area (TPSA) is 52.1 Å². The molecule has 0 unspecified atom stereocenters. The van der Waals surface area contributed by atoms with Crippen molar-refractivity contribution < 1.29 is 9.53 Å². The maximum atomic E-state index is 11.0. The van der Waals surface area contributed by atoms with Gasteiger partial charge in [-0.25, -0.2) is 4.79 Å². The second-order valence-electron chi connectivity index (χ2n) is 2.78. The molecule has 1 aromatic heterocycles. The number of carbonyl (C=O) groups excluding carboxylic acids is 1. The van der Waals surface area contributed by atoms with Crippen molar-refractivity contribution in [2.45, 2.75) is 18.2 Å². The lowest BCUT2D eigenvalue weighted by Crippen LogP contribution is -2.01. The van der Waals surface area contributed by atoms with Gasteiger partial charge in [-0.1, -0.05) is 29.2 Å². The highest BCUT2D eigenvalue weighted by atomic mass is 32.2. The average Bonchev–Trinajstić information content (AvgIpc) is 2.63. The van der Waals surface area contributed by atoms with Crippen LogP contribution in [0.3, 0.4) is 0 Å². The van der Waals surface area contributed by atoms with Crippen molar-refractivity contribution in [3.8, 4) is 0 Å². The zero-order chi connectivity index (χ0) is 11.3. The highest BCUT2D eigenvalue weighted by molar-refractivity contribution is 8.01. The van der Waals surface area contributed by atoms with Gasteiger partial charge in [0, 0.05) is 11.3 Å². The summed E-state index contributed by atoms with van der Waals surface area (Å²) >= 11 is 3.11. The van der Waals surface area contributed by atoms with E-state index in [4.69, 9.17) is 0 Å². The predicted octanol–water partition coefficient (Wildman–Crippen LogP) is 2.06. The van der Waals surface area contributed by atoms with Gasteiger partial charge in [0.1, 0.15) is 5.01 Å². The van der Waals surface area contributed by atoms with Crippen molar-refractivity contribution >= 4 is 29.1 Å². The van der Waals surface area contributed by atoms with Gasteiger partial charge < -0.3 is 4.74 Å². The number of aromatic nitrogens is 2. The van der Waals surface area contributed by atoms with E-state index in [0.29, 0.717) is 11.3 Å². The number of methoxy groups -OCH3 is 1. The number of ether oxygens (including phenoxy) is 1. The smallest absolute Gasteiger partial charge is 0.333 e. The van der Waals surface area contributed by atoms with Crippen LogP contribution in [-0.4, -0.2) is 29.0 Å². The zero-order valence-electron chi connectivity index (χ0n) is 8.81. The third-order valence-electron chi connectivity index (χ3n) is 1.61. The molecule has 0 saturated heterocycles.